The fourth-order valence-electron chi connectivity index (χ4n) is 2.59. The van der Waals surface area contributed by atoms with E-state index in [1.165, 1.54) is 6.07 Å². The summed E-state index contributed by atoms with van der Waals surface area (Å²) in [4.78, 5) is 16.2. The summed E-state index contributed by atoms with van der Waals surface area (Å²) in [7, 11) is 0. The lowest BCUT2D eigenvalue weighted by atomic mass is 10.1. The van der Waals surface area contributed by atoms with Crippen LogP contribution in [-0.4, -0.2) is 24.4 Å². The zero-order chi connectivity index (χ0) is 15.3. The van der Waals surface area contributed by atoms with Crippen LogP contribution in [0.2, 0.25) is 0 Å². The average Bonchev–Trinajstić information content (AvgIpc) is 2.47. The van der Waals surface area contributed by atoms with Gasteiger partial charge in [-0.15, -0.1) is 0 Å². The summed E-state index contributed by atoms with van der Waals surface area (Å²) in [5.41, 5.74) is -0.0473. The second-order valence-electron chi connectivity index (χ2n) is 5.28. The highest BCUT2D eigenvalue weighted by molar-refractivity contribution is 5.51. The molecule has 6 heteroatoms. The van der Waals surface area contributed by atoms with Crippen LogP contribution >= 0.6 is 0 Å². The molecule has 0 bridgehead atoms. The first-order valence-corrected chi connectivity index (χ1v) is 7.28. The second-order valence-corrected chi connectivity index (χ2v) is 5.28. The Morgan fingerprint density at radius 1 is 1.19 bits per heavy atom. The molecule has 2 heterocycles. The van der Waals surface area contributed by atoms with E-state index in [-0.39, 0.29) is 0 Å². The van der Waals surface area contributed by atoms with Crippen molar-refractivity contribution in [3.63, 3.8) is 0 Å². The highest BCUT2D eigenvalue weighted by Crippen LogP contribution is 2.32. The molecule has 0 aromatic carbocycles. The second kappa shape index (κ2) is 6.91. The lowest BCUT2D eigenvalue weighted by molar-refractivity contribution is -0.141. The first kappa shape index (κ1) is 15.8. The minimum Gasteiger partial charge on any atom is -0.356 e. The topological polar surface area (TPSA) is 33.2 Å². The van der Waals surface area contributed by atoms with Crippen molar-refractivity contribution in [2.45, 2.75) is 44.7 Å². The van der Waals surface area contributed by atoms with Gasteiger partial charge in [0.1, 0.15) is 17.8 Å². The molecule has 21 heavy (non-hydrogen) atoms. The lowest BCUT2D eigenvalue weighted by Gasteiger charge is -2.30. The third-order valence-corrected chi connectivity index (χ3v) is 3.67. The molecule has 0 saturated carbocycles. The molecule has 0 atom stereocenters. The van der Waals surface area contributed by atoms with Crippen LogP contribution in [0.25, 0.3) is 0 Å². The largest absolute Gasteiger partial charge is 0.433 e. The van der Waals surface area contributed by atoms with Gasteiger partial charge in [0.05, 0.1) is 0 Å². The van der Waals surface area contributed by atoms with Gasteiger partial charge >= 0.3 is 6.18 Å². The lowest BCUT2D eigenvalue weighted by Crippen LogP contribution is -2.31. The Balaban J connectivity index is 2.27. The van der Waals surface area contributed by atoms with E-state index < -0.39 is 11.9 Å². The molecule has 0 radical (unpaired) electrons. The molecule has 1 saturated heterocycles. The van der Waals surface area contributed by atoms with E-state index in [0.717, 1.165) is 50.3 Å². The van der Waals surface area contributed by atoms with E-state index in [2.05, 4.69) is 4.98 Å². The zero-order valence-corrected chi connectivity index (χ0v) is 11.8. The van der Waals surface area contributed by atoms with Gasteiger partial charge in [-0.3, -0.25) is 0 Å². The standard InChI is InChI=1S/C15H19F3N2O/c16-15(17,18)13-8-7-12(6-2-5-11-21)14(19-13)20-9-3-1-4-10-20/h7-8,11H,1-6,9-10H2. The molecule has 1 fully saturated rings. The number of hydrogen-bond acceptors (Lipinski definition) is 3. The number of aromatic nitrogens is 1. The van der Waals surface area contributed by atoms with Gasteiger partial charge in [-0.1, -0.05) is 6.07 Å². The predicted molar refractivity (Wildman–Crippen MR) is 74.3 cm³/mol. The van der Waals surface area contributed by atoms with Crippen LogP contribution in [0.5, 0.6) is 0 Å². The summed E-state index contributed by atoms with van der Waals surface area (Å²) < 4.78 is 38.5. The number of pyridine rings is 1. The van der Waals surface area contributed by atoms with Crippen LogP contribution in [0.4, 0.5) is 19.0 Å². The summed E-state index contributed by atoms with van der Waals surface area (Å²) in [5.74, 6) is 0.440. The summed E-state index contributed by atoms with van der Waals surface area (Å²) >= 11 is 0. The van der Waals surface area contributed by atoms with Crippen molar-refractivity contribution in [2.75, 3.05) is 18.0 Å². The van der Waals surface area contributed by atoms with Gasteiger partial charge in [-0.2, -0.15) is 13.2 Å². The molecule has 116 valence electrons. The van der Waals surface area contributed by atoms with E-state index >= 15 is 0 Å². The summed E-state index contributed by atoms with van der Waals surface area (Å²) in [6.07, 6.45) is 1.10. The van der Waals surface area contributed by atoms with Crippen LogP contribution in [-0.2, 0) is 17.4 Å². The van der Waals surface area contributed by atoms with Crippen LogP contribution < -0.4 is 4.90 Å². The quantitative estimate of drug-likeness (QED) is 0.615. The molecular formula is C15H19F3N2O. The first-order valence-electron chi connectivity index (χ1n) is 7.28. The normalized spacial score (nSPS) is 16.0. The molecule has 0 amide bonds. The Bertz CT molecular complexity index is 482. The third kappa shape index (κ3) is 4.19. The van der Waals surface area contributed by atoms with Gasteiger partial charge in [0, 0.05) is 19.5 Å². The maximum Gasteiger partial charge on any atom is 0.433 e. The molecular weight excluding hydrogens is 281 g/mol. The van der Waals surface area contributed by atoms with Crippen molar-refractivity contribution < 1.29 is 18.0 Å². The number of unbranched alkanes of at least 4 members (excludes halogenated alkanes) is 1. The number of hydrogen-bond donors (Lipinski definition) is 0. The Morgan fingerprint density at radius 2 is 1.90 bits per heavy atom. The monoisotopic (exact) mass is 300 g/mol. The summed E-state index contributed by atoms with van der Waals surface area (Å²) in [5, 5.41) is 0. The van der Waals surface area contributed by atoms with Crippen LogP contribution in [0.3, 0.4) is 0 Å². The Morgan fingerprint density at radius 3 is 2.52 bits per heavy atom. The number of piperidine rings is 1. The number of aldehydes is 1. The predicted octanol–water partition coefficient (Wildman–Crippen LogP) is 3.61. The average molecular weight is 300 g/mol. The Labute approximate surface area is 122 Å². The van der Waals surface area contributed by atoms with Crippen LogP contribution in [0, 0.1) is 0 Å². The molecule has 0 aliphatic carbocycles. The molecule has 1 aromatic rings. The van der Waals surface area contributed by atoms with Gasteiger partial charge in [0.15, 0.2) is 0 Å². The number of alkyl halides is 3. The molecule has 1 aromatic heterocycles. The number of aryl methyl sites for hydroxylation is 1. The smallest absolute Gasteiger partial charge is 0.356 e. The van der Waals surface area contributed by atoms with Crippen molar-refractivity contribution >= 4 is 12.1 Å². The van der Waals surface area contributed by atoms with Crippen molar-refractivity contribution in [3.05, 3.63) is 23.4 Å². The van der Waals surface area contributed by atoms with Gasteiger partial charge in [-0.25, -0.2) is 4.98 Å². The number of carbonyl (C=O) groups is 1. The summed E-state index contributed by atoms with van der Waals surface area (Å²) in [6, 6.07) is 2.54. The summed E-state index contributed by atoms with van der Waals surface area (Å²) in [6.45, 7) is 1.49. The number of carbonyl (C=O) groups excluding carboxylic acids is 1. The SMILES string of the molecule is O=CCCCc1ccc(C(F)(F)F)nc1N1CCCCC1. The Kier molecular flexibility index (Phi) is 5.20. The molecule has 3 nitrogen and oxygen atoms in total. The van der Waals surface area contributed by atoms with E-state index in [9.17, 15) is 18.0 Å². The van der Waals surface area contributed by atoms with Crippen molar-refractivity contribution in [2.24, 2.45) is 0 Å². The van der Waals surface area contributed by atoms with Gasteiger partial charge in [-0.05, 0) is 43.7 Å². The molecule has 1 aliphatic rings. The van der Waals surface area contributed by atoms with Crippen molar-refractivity contribution in [1.82, 2.24) is 4.98 Å². The molecule has 1 aliphatic heterocycles. The maximum atomic E-state index is 12.8. The third-order valence-electron chi connectivity index (χ3n) is 3.67. The molecule has 0 N–H and O–H groups in total. The van der Waals surface area contributed by atoms with Gasteiger partial charge in [0.2, 0.25) is 0 Å². The van der Waals surface area contributed by atoms with E-state index in [1.807, 2.05) is 4.90 Å². The first-order chi connectivity index (χ1) is 10.0. The number of halogens is 3. The fourth-order valence-corrected chi connectivity index (χ4v) is 2.59. The van der Waals surface area contributed by atoms with E-state index in [0.29, 0.717) is 25.1 Å². The fraction of sp³-hybridized carbons (Fsp3) is 0.600. The maximum absolute atomic E-state index is 12.8. The van der Waals surface area contributed by atoms with Crippen molar-refractivity contribution in [1.29, 1.82) is 0 Å². The minimum atomic E-state index is -4.42. The zero-order valence-electron chi connectivity index (χ0n) is 11.8. The highest BCUT2D eigenvalue weighted by Gasteiger charge is 2.33. The van der Waals surface area contributed by atoms with E-state index in [1.54, 1.807) is 0 Å². The number of nitrogens with zero attached hydrogens (tertiary/aromatic N) is 2. The van der Waals surface area contributed by atoms with Crippen LogP contribution in [0.1, 0.15) is 43.4 Å². The van der Waals surface area contributed by atoms with Gasteiger partial charge in [0.25, 0.3) is 0 Å². The molecule has 2 rings (SSSR count). The van der Waals surface area contributed by atoms with Crippen molar-refractivity contribution in [3.8, 4) is 0 Å². The number of anilines is 1. The molecule has 0 spiro atoms. The minimum absolute atomic E-state index is 0.417. The number of rotatable bonds is 5. The molecule has 0 unspecified atom stereocenters. The van der Waals surface area contributed by atoms with Crippen LogP contribution in [0.15, 0.2) is 12.1 Å². The van der Waals surface area contributed by atoms with Gasteiger partial charge < -0.3 is 9.69 Å². The Hall–Kier alpha value is -1.59. The highest BCUT2D eigenvalue weighted by atomic mass is 19.4. The van der Waals surface area contributed by atoms with E-state index in [4.69, 9.17) is 0 Å².